The first kappa shape index (κ1) is 16.5. The second kappa shape index (κ2) is 7.41. The fourth-order valence-electron chi connectivity index (χ4n) is 2.08. The molecule has 0 spiro atoms. The van der Waals surface area contributed by atoms with Crippen LogP contribution in [0.3, 0.4) is 0 Å². The average molecular weight is 326 g/mol. The highest BCUT2D eigenvalue weighted by atomic mass is 32.2. The second-order valence-corrected chi connectivity index (χ2v) is 8.60. The van der Waals surface area contributed by atoms with Gasteiger partial charge in [-0.15, -0.1) is 17.8 Å². The number of hydrogen-bond donors (Lipinski definition) is 1. The van der Waals surface area contributed by atoms with Crippen molar-refractivity contribution in [3.8, 4) is 12.3 Å². The topological polar surface area (TPSA) is 49.4 Å². The van der Waals surface area contributed by atoms with E-state index in [0.717, 1.165) is 37.2 Å². The van der Waals surface area contributed by atoms with Crippen molar-refractivity contribution < 1.29 is 8.42 Å². The van der Waals surface area contributed by atoms with Gasteiger partial charge in [-0.1, -0.05) is 12.8 Å². The van der Waals surface area contributed by atoms with Crippen LogP contribution in [0.2, 0.25) is 0 Å². The second-order valence-electron chi connectivity index (χ2n) is 5.27. The molecular formula is C15H22N2O2S2. The molecule has 0 bridgehead atoms. The molecule has 0 atom stereocenters. The Hall–Kier alpha value is -0.870. The molecule has 0 amide bonds. The maximum atomic E-state index is 12.7. The lowest BCUT2D eigenvalue weighted by molar-refractivity contribution is 0.431. The van der Waals surface area contributed by atoms with Gasteiger partial charge in [-0.05, 0) is 50.4 Å². The van der Waals surface area contributed by atoms with Crippen LogP contribution in [-0.4, -0.2) is 38.9 Å². The summed E-state index contributed by atoms with van der Waals surface area (Å²) < 4.78 is 27.2. The van der Waals surface area contributed by atoms with Crippen molar-refractivity contribution in [3.05, 3.63) is 17.0 Å². The molecule has 116 valence electrons. The van der Waals surface area contributed by atoms with Gasteiger partial charge in [0.1, 0.15) is 4.21 Å². The lowest BCUT2D eigenvalue weighted by Crippen LogP contribution is -2.32. The SMILES string of the molecule is C#CCN(CC1CC1)S(=O)(=O)c1ccc(CCNCC)s1. The summed E-state index contributed by atoms with van der Waals surface area (Å²) in [6.45, 7) is 4.56. The summed E-state index contributed by atoms with van der Waals surface area (Å²) in [6.07, 6.45) is 8.39. The van der Waals surface area contributed by atoms with Crippen molar-refractivity contribution in [1.29, 1.82) is 0 Å². The predicted molar refractivity (Wildman–Crippen MR) is 86.9 cm³/mol. The fourth-order valence-corrected chi connectivity index (χ4v) is 5.02. The van der Waals surface area contributed by atoms with Gasteiger partial charge in [-0.2, -0.15) is 4.31 Å². The van der Waals surface area contributed by atoms with Crippen LogP contribution < -0.4 is 5.32 Å². The van der Waals surface area contributed by atoms with Gasteiger partial charge in [-0.3, -0.25) is 0 Å². The third kappa shape index (κ3) is 4.55. The Balaban J connectivity index is 2.07. The molecule has 0 aromatic carbocycles. The van der Waals surface area contributed by atoms with Crippen LogP contribution in [0.4, 0.5) is 0 Å². The predicted octanol–water partition coefficient (Wildman–Crippen LogP) is 1.93. The number of terminal acetylenes is 1. The number of thiophene rings is 1. The Labute approximate surface area is 131 Å². The number of hydrogen-bond acceptors (Lipinski definition) is 4. The summed E-state index contributed by atoms with van der Waals surface area (Å²) >= 11 is 1.35. The lowest BCUT2D eigenvalue weighted by atomic mass is 10.3. The van der Waals surface area contributed by atoms with Crippen molar-refractivity contribution in [2.24, 2.45) is 5.92 Å². The summed E-state index contributed by atoms with van der Waals surface area (Å²) in [4.78, 5) is 1.08. The monoisotopic (exact) mass is 326 g/mol. The van der Waals surface area contributed by atoms with Crippen LogP contribution in [0.5, 0.6) is 0 Å². The zero-order valence-electron chi connectivity index (χ0n) is 12.3. The molecule has 1 N–H and O–H groups in total. The van der Waals surface area contributed by atoms with Crippen LogP contribution >= 0.6 is 11.3 Å². The number of nitrogens with one attached hydrogen (secondary N) is 1. The highest BCUT2D eigenvalue weighted by Gasteiger charge is 2.32. The lowest BCUT2D eigenvalue weighted by Gasteiger charge is -2.18. The molecule has 4 nitrogen and oxygen atoms in total. The summed E-state index contributed by atoms with van der Waals surface area (Å²) in [6, 6.07) is 3.61. The minimum absolute atomic E-state index is 0.156. The van der Waals surface area contributed by atoms with Crippen LogP contribution in [0.25, 0.3) is 0 Å². The Morgan fingerprint density at radius 1 is 1.48 bits per heavy atom. The molecular weight excluding hydrogens is 304 g/mol. The van der Waals surface area contributed by atoms with Gasteiger partial charge in [-0.25, -0.2) is 8.42 Å². The molecule has 1 aromatic heterocycles. The van der Waals surface area contributed by atoms with Crippen molar-refractivity contribution in [3.63, 3.8) is 0 Å². The van der Waals surface area contributed by atoms with Crippen LogP contribution in [0.1, 0.15) is 24.6 Å². The van der Waals surface area contributed by atoms with Gasteiger partial charge in [0.2, 0.25) is 0 Å². The quantitative estimate of drug-likeness (QED) is 0.557. The number of sulfonamides is 1. The summed E-state index contributed by atoms with van der Waals surface area (Å²) in [5.41, 5.74) is 0. The fraction of sp³-hybridized carbons (Fsp3) is 0.600. The Morgan fingerprint density at radius 2 is 2.24 bits per heavy atom. The zero-order valence-corrected chi connectivity index (χ0v) is 14.0. The molecule has 21 heavy (non-hydrogen) atoms. The first-order valence-electron chi connectivity index (χ1n) is 7.31. The maximum Gasteiger partial charge on any atom is 0.253 e. The van der Waals surface area contributed by atoms with E-state index < -0.39 is 10.0 Å². The van der Waals surface area contributed by atoms with Gasteiger partial charge in [0.15, 0.2) is 0 Å². The molecule has 0 aliphatic heterocycles. The van der Waals surface area contributed by atoms with Gasteiger partial charge in [0.25, 0.3) is 10.0 Å². The molecule has 1 heterocycles. The van der Waals surface area contributed by atoms with E-state index in [1.807, 2.05) is 6.07 Å². The molecule has 0 saturated heterocycles. The summed E-state index contributed by atoms with van der Waals surface area (Å²) in [7, 11) is -3.44. The van der Waals surface area contributed by atoms with Crippen molar-refractivity contribution in [2.75, 3.05) is 26.2 Å². The van der Waals surface area contributed by atoms with E-state index in [4.69, 9.17) is 6.42 Å². The van der Waals surface area contributed by atoms with Crippen molar-refractivity contribution in [2.45, 2.75) is 30.4 Å². The van der Waals surface area contributed by atoms with Gasteiger partial charge < -0.3 is 5.32 Å². The van der Waals surface area contributed by atoms with E-state index >= 15 is 0 Å². The van der Waals surface area contributed by atoms with Crippen LogP contribution in [0.15, 0.2) is 16.3 Å². The van der Waals surface area contributed by atoms with Gasteiger partial charge in [0.05, 0.1) is 6.54 Å². The van der Waals surface area contributed by atoms with E-state index in [1.54, 1.807) is 6.07 Å². The Kier molecular flexibility index (Phi) is 5.82. The van der Waals surface area contributed by atoms with Gasteiger partial charge >= 0.3 is 0 Å². The minimum Gasteiger partial charge on any atom is -0.317 e. The van der Waals surface area contributed by atoms with Crippen molar-refractivity contribution >= 4 is 21.4 Å². The smallest absolute Gasteiger partial charge is 0.253 e. The Morgan fingerprint density at radius 3 is 2.86 bits per heavy atom. The standard InChI is InChI=1S/C15H22N2O2S2/c1-3-11-17(12-13-5-6-13)21(18,19)15-8-7-14(20-15)9-10-16-4-2/h1,7-8,13,16H,4-6,9-12H2,2H3. The van der Waals surface area contributed by atoms with E-state index in [-0.39, 0.29) is 6.54 Å². The molecule has 1 aromatic rings. The highest BCUT2D eigenvalue weighted by molar-refractivity contribution is 7.91. The molecule has 0 unspecified atom stereocenters. The number of nitrogens with zero attached hydrogens (tertiary/aromatic N) is 1. The van der Waals surface area contributed by atoms with Gasteiger partial charge in [0, 0.05) is 11.4 Å². The average Bonchev–Trinajstić information content (AvgIpc) is 3.14. The normalized spacial score (nSPS) is 15.3. The molecule has 1 aliphatic rings. The largest absolute Gasteiger partial charge is 0.317 e. The maximum absolute atomic E-state index is 12.7. The molecule has 6 heteroatoms. The third-order valence-corrected chi connectivity index (χ3v) is 6.88. The molecule has 0 radical (unpaired) electrons. The first-order chi connectivity index (χ1) is 10.1. The van der Waals surface area contributed by atoms with E-state index in [9.17, 15) is 8.42 Å². The molecule has 2 rings (SSSR count). The van der Waals surface area contributed by atoms with E-state index in [2.05, 4.69) is 18.2 Å². The highest BCUT2D eigenvalue weighted by Crippen LogP contribution is 2.32. The van der Waals surface area contributed by atoms with E-state index in [1.165, 1.54) is 15.6 Å². The molecule has 1 aliphatic carbocycles. The minimum atomic E-state index is -3.44. The first-order valence-corrected chi connectivity index (χ1v) is 9.56. The van der Waals surface area contributed by atoms with E-state index in [0.29, 0.717) is 16.7 Å². The molecule has 1 fully saturated rings. The number of rotatable bonds is 9. The zero-order chi connectivity index (χ0) is 15.3. The van der Waals surface area contributed by atoms with Crippen LogP contribution in [0, 0.1) is 18.3 Å². The summed E-state index contributed by atoms with van der Waals surface area (Å²) in [5.74, 6) is 2.95. The Bertz CT molecular complexity index is 597. The summed E-state index contributed by atoms with van der Waals surface area (Å²) in [5, 5.41) is 3.24. The number of likely N-dealkylation sites (N-methyl/N-ethyl adjacent to an activating group) is 1. The van der Waals surface area contributed by atoms with Crippen molar-refractivity contribution in [1.82, 2.24) is 9.62 Å². The molecule has 1 saturated carbocycles. The third-order valence-electron chi connectivity index (χ3n) is 3.46. The van der Waals surface area contributed by atoms with Crippen LogP contribution in [-0.2, 0) is 16.4 Å².